The standard InChI is InChI=1S/C60H109NO3/c1-3-5-7-9-11-13-15-17-18-19-20-21-22-23-24-25-26-27-28-29-30-31-32-33-34-35-36-37-38-39-40-41-42-44-46-48-50-52-54-56-60(64)61-58(57-62)59(63)55-53-51-49-47-45-43-16-14-12-10-8-6-4-2/h5,7,11,13,17-18,20-21,23-24,26-27,58-59,62-63H,3-4,6,8-10,12,14-16,19,22,25,28-57H2,1-2H3,(H,61,64)/b7-5-,13-11-,18-17-,21-20-,24-23-,27-26-. The van der Waals surface area contributed by atoms with Crippen molar-refractivity contribution in [1.29, 1.82) is 0 Å². The van der Waals surface area contributed by atoms with Gasteiger partial charge < -0.3 is 15.5 Å². The van der Waals surface area contributed by atoms with E-state index in [4.69, 9.17) is 0 Å². The van der Waals surface area contributed by atoms with Gasteiger partial charge in [-0.25, -0.2) is 0 Å². The van der Waals surface area contributed by atoms with Crippen molar-refractivity contribution in [2.75, 3.05) is 6.61 Å². The van der Waals surface area contributed by atoms with E-state index >= 15 is 0 Å². The summed E-state index contributed by atoms with van der Waals surface area (Å²) in [4.78, 5) is 12.5. The molecule has 372 valence electrons. The molecule has 0 spiro atoms. The SMILES string of the molecule is CC/C=C\C/C=C\C/C=C\C/C=C\C/C=C\C/C=C\CCCCCCCCCCCCCCCCCCCCCCC(=O)NC(CO)C(O)CCCCCCCCCCCCCCC. The number of carbonyl (C=O) groups is 1. The van der Waals surface area contributed by atoms with Gasteiger partial charge in [-0.05, 0) is 64.2 Å². The van der Waals surface area contributed by atoms with Gasteiger partial charge in [-0.2, -0.15) is 0 Å². The summed E-state index contributed by atoms with van der Waals surface area (Å²) in [5, 5.41) is 23.2. The van der Waals surface area contributed by atoms with Gasteiger partial charge in [0, 0.05) is 6.42 Å². The van der Waals surface area contributed by atoms with Crippen LogP contribution in [-0.2, 0) is 4.79 Å². The van der Waals surface area contributed by atoms with E-state index in [0.29, 0.717) is 12.8 Å². The second kappa shape index (κ2) is 55.2. The van der Waals surface area contributed by atoms with E-state index in [9.17, 15) is 15.0 Å². The van der Waals surface area contributed by atoms with Crippen LogP contribution >= 0.6 is 0 Å². The lowest BCUT2D eigenvalue weighted by atomic mass is 10.0. The maximum absolute atomic E-state index is 12.5. The smallest absolute Gasteiger partial charge is 0.220 e. The maximum atomic E-state index is 12.5. The molecule has 2 unspecified atom stereocenters. The fourth-order valence-corrected chi connectivity index (χ4v) is 8.48. The highest BCUT2D eigenvalue weighted by Crippen LogP contribution is 2.17. The molecule has 0 heterocycles. The van der Waals surface area contributed by atoms with Crippen LogP contribution in [0.1, 0.15) is 284 Å². The Labute approximate surface area is 399 Å². The molecule has 0 aliphatic rings. The molecular formula is C60H109NO3. The molecule has 0 aromatic carbocycles. The molecule has 0 aromatic rings. The molecule has 0 aliphatic carbocycles. The van der Waals surface area contributed by atoms with Crippen LogP contribution in [0, 0.1) is 0 Å². The van der Waals surface area contributed by atoms with Gasteiger partial charge in [0.15, 0.2) is 0 Å². The van der Waals surface area contributed by atoms with Crippen LogP contribution < -0.4 is 5.32 Å². The zero-order chi connectivity index (χ0) is 46.3. The van der Waals surface area contributed by atoms with Gasteiger partial charge in [0.2, 0.25) is 5.91 Å². The summed E-state index contributed by atoms with van der Waals surface area (Å²) in [7, 11) is 0. The minimum Gasteiger partial charge on any atom is -0.394 e. The fourth-order valence-electron chi connectivity index (χ4n) is 8.48. The Morgan fingerprint density at radius 3 is 1.03 bits per heavy atom. The highest BCUT2D eigenvalue weighted by Gasteiger charge is 2.20. The number of hydrogen-bond acceptors (Lipinski definition) is 3. The Bertz CT molecular complexity index is 1100. The van der Waals surface area contributed by atoms with Crippen LogP contribution in [-0.4, -0.2) is 34.9 Å². The number of amides is 1. The Hall–Kier alpha value is -2.17. The monoisotopic (exact) mass is 892 g/mol. The van der Waals surface area contributed by atoms with Crippen molar-refractivity contribution in [2.24, 2.45) is 0 Å². The summed E-state index contributed by atoms with van der Waals surface area (Å²) in [5.74, 6) is -0.0295. The first-order chi connectivity index (χ1) is 31.7. The summed E-state index contributed by atoms with van der Waals surface area (Å²) in [6.45, 7) is 4.25. The molecule has 2 atom stereocenters. The Kier molecular flexibility index (Phi) is 53.3. The molecule has 64 heavy (non-hydrogen) atoms. The minimum absolute atomic E-state index is 0.0295. The normalized spacial score (nSPS) is 13.4. The van der Waals surface area contributed by atoms with Gasteiger partial charge in [-0.1, -0.05) is 286 Å². The van der Waals surface area contributed by atoms with Crippen LogP contribution in [0.5, 0.6) is 0 Å². The molecule has 0 rings (SSSR count). The molecule has 0 aromatic heterocycles. The molecule has 0 aliphatic heterocycles. The lowest BCUT2D eigenvalue weighted by Gasteiger charge is -2.22. The predicted octanol–water partition coefficient (Wildman–Crippen LogP) is 18.6. The molecular weight excluding hydrogens is 783 g/mol. The number of hydrogen-bond donors (Lipinski definition) is 3. The predicted molar refractivity (Wildman–Crippen MR) is 285 cm³/mol. The molecule has 0 radical (unpaired) electrons. The number of rotatable bonds is 51. The van der Waals surface area contributed by atoms with E-state index in [1.165, 1.54) is 193 Å². The van der Waals surface area contributed by atoms with Crippen LogP contribution in [0.3, 0.4) is 0 Å². The van der Waals surface area contributed by atoms with Crippen molar-refractivity contribution in [2.45, 2.75) is 296 Å². The number of aliphatic hydroxyl groups is 2. The van der Waals surface area contributed by atoms with Crippen molar-refractivity contribution >= 4 is 5.91 Å². The minimum atomic E-state index is -0.659. The average Bonchev–Trinajstić information content (AvgIpc) is 3.30. The second-order valence-corrected chi connectivity index (χ2v) is 19.0. The van der Waals surface area contributed by atoms with E-state index < -0.39 is 12.1 Å². The Morgan fingerprint density at radius 2 is 0.688 bits per heavy atom. The van der Waals surface area contributed by atoms with Crippen LogP contribution in [0.25, 0.3) is 0 Å². The van der Waals surface area contributed by atoms with Gasteiger partial charge in [-0.3, -0.25) is 4.79 Å². The van der Waals surface area contributed by atoms with Crippen LogP contribution in [0.4, 0.5) is 0 Å². The Morgan fingerprint density at radius 1 is 0.391 bits per heavy atom. The Balaban J connectivity index is 3.42. The van der Waals surface area contributed by atoms with Gasteiger partial charge in [-0.15, -0.1) is 0 Å². The molecule has 1 amide bonds. The molecule has 0 saturated heterocycles. The highest BCUT2D eigenvalue weighted by molar-refractivity contribution is 5.76. The zero-order valence-corrected chi connectivity index (χ0v) is 42.8. The molecule has 3 N–H and O–H groups in total. The van der Waals surface area contributed by atoms with E-state index in [-0.39, 0.29) is 12.5 Å². The first kappa shape index (κ1) is 61.8. The molecule has 0 fully saturated rings. The molecule has 0 saturated carbocycles. The van der Waals surface area contributed by atoms with Crippen molar-refractivity contribution in [3.63, 3.8) is 0 Å². The molecule has 0 bridgehead atoms. The van der Waals surface area contributed by atoms with Crippen molar-refractivity contribution in [3.05, 3.63) is 72.9 Å². The van der Waals surface area contributed by atoms with E-state index in [2.05, 4.69) is 92.1 Å². The third-order valence-electron chi connectivity index (χ3n) is 12.7. The summed E-state index contributed by atoms with van der Waals surface area (Å²) >= 11 is 0. The number of nitrogens with one attached hydrogen (secondary N) is 1. The van der Waals surface area contributed by atoms with Gasteiger partial charge >= 0.3 is 0 Å². The first-order valence-corrected chi connectivity index (χ1v) is 28.1. The molecule has 4 heteroatoms. The zero-order valence-electron chi connectivity index (χ0n) is 42.8. The molecule has 4 nitrogen and oxygen atoms in total. The number of aliphatic hydroxyl groups excluding tert-OH is 2. The summed E-state index contributed by atoms with van der Waals surface area (Å²) in [6, 6.07) is -0.536. The van der Waals surface area contributed by atoms with Gasteiger partial charge in [0.1, 0.15) is 0 Å². The van der Waals surface area contributed by atoms with Gasteiger partial charge in [0.05, 0.1) is 18.8 Å². The quantitative estimate of drug-likeness (QED) is 0.0421. The van der Waals surface area contributed by atoms with Gasteiger partial charge in [0.25, 0.3) is 0 Å². The second-order valence-electron chi connectivity index (χ2n) is 19.0. The van der Waals surface area contributed by atoms with Crippen LogP contribution in [0.2, 0.25) is 0 Å². The summed E-state index contributed by atoms with van der Waals surface area (Å²) in [5.41, 5.74) is 0. The topological polar surface area (TPSA) is 69.6 Å². The summed E-state index contributed by atoms with van der Waals surface area (Å²) < 4.78 is 0. The fraction of sp³-hybridized carbons (Fsp3) is 0.783. The lowest BCUT2D eigenvalue weighted by Crippen LogP contribution is -2.45. The largest absolute Gasteiger partial charge is 0.394 e. The van der Waals surface area contributed by atoms with Crippen molar-refractivity contribution in [1.82, 2.24) is 5.32 Å². The van der Waals surface area contributed by atoms with Crippen molar-refractivity contribution in [3.8, 4) is 0 Å². The van der Waals surface area contributed by atoms with E-state index in [0.717, 1.165) is 64.2 Å². The lowest BCUT2D eigenvalue weighted by molar-refractivity contribution is -0.123. The van der Waals surface area contributed by atoms with E-state index in [1.54, 1.807) is 0 Å². The third-order valence-corrected chi connectivity index (χ3v) is 12.7. The average molecular weight is 893 g/mol. The number of allylic oxidation sites excluding steroid dienone is 12. The van der Waals surface area contributed by atoms with E-state index in [1.807, 2.05) is 0 Å². The first-order valence-electron chi connectivity index (χ1n) is 28.1. The van der Waals surface area contributed by atoms with Crippen LogP contribution in [0.15, 0.2) is 72.9 Å². The van der Waals surface area contributed by atoms with Crippen molar-refractivity contribution < 1.29 is 15.0 Å². The third kappa shape index (κ3) is 50.8. The highest BCUT2D eigenvalue weighted by atomic mass is 16.3. The summed E-state index contributed by atoms with van der Waals surface area (Å²) in [6.07, 6.45) is 79.0. The number of carbonyl (C=O) groups excluding carboxylic acids is 1. The number of unbranched alkanes of at least 4 members (excludes halogenated alkanes) is 32. The maximum Gasteiger partial charge on any atom is 0.220 e.